The lowest BCUT2D eigenvalue weighted by Gasteiger charge is -2.45. The van der Waals surface area contributed by atoms with Gasteiger partial charge in [0.1, 0.15) is 0 Å². The second-order valence-corrected chi connectivity index (χ2v) is 7.15. The Kier molecular flexibility index (Phi) is 3.63. The van der Waals surface area contributed by atoms with E-state index in [1.807, 2.05) is 24.8 Å². The van der Waals surface area contributed by atoms with Crippen LogP contribution in [-0.4, -0.2) is 31.4 Å². The maximum absolute atomic E-state index is 4.52. The van der Waals surface area contributed by atoms with Gasteiger partial charge in [-0.15, -0.1) is 0 Å². The Morgan fingerprint density at radius 1 is 1.08 bits per heavy atom. The Morgan fingerprint density at radius 2 is 2.00 bits per heavy atom. The largest absolute Gasteiger partial charge is 0.297 e. The summed E-state index contributed by atoms with van der Waals surface area (Å²) in [7, 11) is 0. The number of fused-ring (bicyclic) bond motifs is 3. The summed E-state index contributed by atoms with van der Waals surface area (Å²) in [6.07, 6.45) is 15.2. The van der Waals surface area contributed by atoms with E-state index >= 15 is 0 Å². The maximum Gasteiger partial charge on any atom is 0.155 e. The highest BCUT2D eigenvalue weighted by atomic mass is 15.2. The quantitative estimate of drug-likeness (QED) is 0.729. The molecule has 1 saturated heterocycles. The number of piperidine rings is 1. The van der Waals surface area contributed by atoms with Gasteiger partial charge in [0.05, 0.1) is 18.1 Å². The molecule has 1 fully saturated rings. The van der Waals surface area contributed by atoms with E-state index in [0.29, 0.717) is 12.1 Å². The molecule has 25 heavy (non-hydrogen) atoms. The summed E-state index contributed by atoms with van der Waals surface area (Å²) in [6.45, 7) is 1.05. The molecule has 5 rings (SSSR count). The minimum absolute atomic E-state index is 0.537. The van der Waals surface area contributed by atoms with E-state index in [4.69, 9.17) is 0 Å². The summed E-state index contributed by atoms with van der Waals surface area (Å²) in [6, 6.07) is 12.0. The van der Waals surface area contributed by atoms with Gasteiger partial charge >= 0.3 is 0 Å². The summed E-state index contributed by atoms with van der Waals surface area (Å²) in [5.74, 6) is 0. The second-order valence-electron chi connectivity index (χ2n) is 7.15. The minimum atomic E-state index is 0.537. The number of hydrogen-bond donors (Lipinski definition) is 0. The number of imidazole rings is 1. The Bertz CT molecular complexity index is 912. The van der Waals surface area contributed by atoms with Crippen molar-refractivity contribution in [1.82, 2.24) is 19.3 Å². The van der Waals surface area contributed by atoms with Crippen molar-refractivity contribution in [1.29, 1.82) is 0 Å². The van der Waals surface area contributed by atoms with E-state index in [0.717, 1.165) is 18.6 Å². The van der Waals surface area contributed by atoms with Crippen LogP contribution in [0, 0.1) is 0 Å². The number of nitrogens with zero attached hydrogens (tertiary/aromatic N) is 4. The second kappa shape index (κ2) is 6.12. The van der Waals surface area contributed by atoms with Gasteiger partial charge in [-0.3, -0.25) is 14.3 Å². The first-order valence-corrected chi connectivity index (χ1v) is 9.16. The Morgan fingerprint density at radius 3 is 2.88 bits per heavy atom. The molecule has 4 heterocycles. The molecule has 0 N–H and O–H groups in total. The lowest BCUT2D eigenvalue weighted by molar-refractivity contribution is 0.0950. The van der Waals surface area contributed by atoms with Crippen LogP contribution < -0.4 is 0 Å². The van der Waals surface area contributed by atoms with Crippen molar-refractivity contribution in [3.63, 3.8) is 0 Å². The zero-order valence-corrected chi connectivity index (χ0v) is 14.3. The molecule has 4 nitrogen and oxygen atoms in total. The lowest BCUT2D eigenvalue weighted by atomic mass is 9.84. The van der Waals surface area contributed by atoms with E-state index in [2.05, 4.69) is 55.7 Å². The molecule has 2 atom stereocenters. The van der Waals surface area contributed by atoms with Crippen LogP contribution in [0.15, 0.2) is 61.2 Å². The third kappa shape index (κ3) is 2.67. The molecule has 1 aromatic carbocycles. The summed E-state index contributed by atoms with van der Waals surface area (Å²) in [5, 5.41) is 0. The average Bonchev–Trinajstić information content (AvgIpc) is 3.06. The minimum Gasteiger partial charge on any atom is -0.297 e. The van der Waals surface area contributed by atoms with E-state index in [-0.39, 0.29) is 0 Å². The summed E-state index contributed by atoms with van der Waals surface area (Å²) in [4.78, 5) is 11.4. The van der Waals surface area contributed by atoms with Gasteiger partial charge in [-0.05, 0) is 30.4 Å². The van der Waals surface area contributed by atoms with Gasteiger partial charge in [0, 0.05) is 31.0 Å². The van der Waals surface area contributed by atoms with Gasteiger partial charge in [0.25, 0.3) is 0 Å². The molecule has 0 spiro atoms. The van der Waals surface area contributed by atoms with Crippen LogP contribution >= 0.6 is 0 Å². The van der Waals surface area contributed by atoms with Crippen LogP contribution in [0.25, 0.3) is 11.2 Å². The van der Waals surface area contributed by atoms with Crippen molar-refractivity contribution in [2.75, 3.05) is 0 Å². The number of benzene rings is 1. The van der Waals surface area contributed by atoms with E-state index in [1.165, 1.54) is 36.1 Å². The van der Waals surface area contributed by atoms with Gasteiger partial charge in [0.2, 0.25) is 0 Å². The monoisotopic (exact) mass is 330 g/mol. The molecular formula is C21H22N4. The predicted molar refractivity (Wildman–Crippen MR) is 99.0 cm³/mol. The summed E-state index contributed by atoms with van der Waals surface area (Å²) < 4.78 is 2.17. The molecule has 2 aliphatic rings. The van der Waals surface area contributed by atoms with E-state index < -0.39 is 0 Å². The zero-order valence-electron chi connectivity index (χ0n) is 14.3. The molecule has 2 aliphatic heterocycles. The van der Waals surface area contributed by atoms with Crippen LogP contribution in [-0.2, 0) is 6.54 Å². The lowest BCUT2D eigenvalue weighted by Crippen LogP contribution is -2.47. The number of rotatable bonds is 3. The fourth-order valence-electron chi connectivity index (χ4n) is 4.43. The predicted octanol–water partition coefficient (Wildman–Crippen LogP) is 3.94. The van der Waals surface area contributed by atoms with Crippen LogP contribution in [0.4, 0.5) is 0 Å². The van der Waals surface area contributed by atoms with E-state index in [1.54, 1.807) is 0 Å². The highest BCUT2D eigenvalue weighted by Crippen LogP contribution is 2.38. The molecular weight excluding hydrogens is 308 g/mol. The van der Waals surface area contributed by atoms with Crippen molar-refractivity contribution in [3.8, 4) is 0 Å². The fourth-order valence-corrected chi connectivity index (χ4v) is 4.43. The maximum atomic E-state index is 4.52. The molecule has 0 saturated carbocycles. The van der Waals surface area contributed by atoms with E-state index in [9.17, 15) is 0 Å². The van der Waals surface area contributed by atoms with Crippen LogP contribution in [0.1, 0.15) is 36.9 Å². The summed E-state index contributed by atoms with van der Waals surface area (Å²) in [5.41, 5.74) is 5.01. The molecule has 0 amide bonds. The van der Waals surface area contributed by atoms with Crippen molar-refractivity contribution in [2.45, 2.75) is 44.3 Å². The standard InChI is InChI=1S/C21H22N4/c1-2-5-16(6-3-1)15-25-18-7-4-8-19(25)12-17(11-18)20-13-23-21-14-22-9-10-24(20)21/h1-3,5-6,9-11,13-14,18-19H,4,7-8,12,15H2. The molecule has 2 unspecified atom stereocenters. The van der Waals surface area contributed by atoms with Gasteiger partial charge in [0.15, 0.2) is 5.65 Å². The normalized spacial score (nSPS) is 23.6. The zero-order chi connectivity index (χ0) is 16.6. The first-order valence-electron chi connectivity index (χ1n) is 9.16. The van der Waals surface area contributed by atoms with Crippen LogP contribution in [0.3, 0.4) is 0 Å². The molecule has 2 aromatic heterocycles. The molecule has 2 bridgehead atoms. The third-order valence-corrected chi connectivity index (χ3v) is 5.64. The topological polar surface area (TPSA) is 33.4 Å². The van der Waals surface area contributed by atoms with Crippen LogP contribution in [0.2, 0.25) is 0 Å². The Hall–Kier alpha value is -2.46. The fraction of sp³-hybridized carbons (Fsp3) is 0.333. The SMILES string of the molecule is C1=C(c2cnc3cnccn23)CC2CCCC1N2Cc1ccccc1. The van der Waals surface area contributed by atoms with Gasteiger partial charge in [-0.2, -0.15) is 0 Å². The Balaban J connectivity index is 1.48. The first kappa shape index (κ1) is 14.8. The molecule has 0 aliphatic carbocycles. The van der Waals surface area contributed by atoms with Crippen molar-refractivity contribution in [2.24, 2.45) is 0 Å². The molecule has 3 aromatic rings. The Labute approximate surface area is 147 Å². The van der Waals surface area contributed by atoms with Crippen molar-refractivity contribution >= 4 is 11.2 Å². The molecule has 4 heteroatoms. The van der Waals surface area contributed by atoms with Crippen LogP contribution in [0.5, 0.6) is 0 Å². The molecule has 0 radical (unpaired) electrons. The number of hydrogen-bond acceptors (Lipinski definition) is 3. The van der Waals surface area contributed by atoms with Gasteiger partial charge < -0.3 is 0 Å². The van der Waals surface area contributed by atoms with Crippen molar-refractivity contribution < 1.29 is 0 Å². The highest BCUT2D eigenvalue weighted by molar-refractivity contribution is 5.67. The summed E-state index contributed by atoms with van der Waals surface area (Å²) >= 11 is 0. The van der Waals surface area contributed by atoms with Crippen molar-refractivity contribution in [3.05, 3.63) is 72.5 Å². The highest BCUT2D eigenvalue weighted by Gasteiger charge is 2.34. The molecule has 126 valence electrons. The number of aromatic nitrogens is 3. The average molecular weight is 330 g/mol. The first-order chi connectivity index (χ1) is 12.4. The smallest absolute Gasteiger partial charge is 0.155 e. The third-order valence-electron chi connectivity index (χ3n) is 5.64. The van der Waals surface area contributed by atoms with Gasteiger partial charge in [-0.1, -0.05) is 42.8 Å². The van der Waals surface area contributed by atoms with Gasteiger partial charge in [-0.25, -0.2) is 4.98 Å².